The lowest BCUT2D eigenvalue weighted by atomic mass is 10.0. The van der Waals surface area contributed by atoms with Crippen LogP contribution in [-0.2, 0) is 42.2 Å². The molecule has 0 radical (unpaired) electrons. The average Bonchev–Trinajstić information content (AvgIpc) is 3.37. The topological polar surface area (TPSA) is 155 Å². The minimum absolute atomic E-state index is 0.176. The molecule has 426 valence electrons. The fourth-order valence-corrected chi connectivity index (χ4v) is 9.78. The largest absolute Gasteiger partial charge is 0.472 e. The number of allylic oxidation sites excluding steroid dienone is 2. The number of unbranched alkanes of at least 4 members (excludes halogenated alkanes) is 39. The standard InChI is InChI=1S/C60H115O11P/c1-4-7-10-13-16-19-21-23-25-27-28-30-32-34-36-39-42-45-48-51-60(64)71-57(53-67-58(62)49-46-43-40-38-35-33-31-29-26-24-22-20-17-14-11-8-5-2)55-69-72(65,66)68-54-56(52-61)70-59(63)50-47-44-41-37-18-15-12-9-6-3/h24,26,56-57,61H,4-23,25,27-55H2,1-3H3,(H,65,66)/b26-24-. The Labute approximate surface area is 443 Å². The molecule has 0 amide bonds. The lowest BCUT2D eigenvalue weighted by Crippen LogP contribution is -2.30. The van der Waals surface area contributed by atoms with E-state index in [1.165, 1.54) is 193 Å². The monoisotopic (exact) mass is 1040 g/mol. The quantitative estimate of drug-likeness (QED) is 0.0197. The molecule has 12 heteroatoms. The van der Waals surface area contributed by atoms with Gasteiger partial charge in [0.1, 0.15) is 12.7 Å². The summed E-state index contributed by atoms with van der Waals surface area (Å²) >= 11 is 0. The molecular weight excluding hydrogens is 928 g/mol. The molecule has 0 bridgehead atoms. The second kappa shape index (κ2) is 55.5. The van der Waals surface area contributed by atoms with E-state index >= 15 is 0 Å². The number of hydrogen-bond donors (Lipinski definition) is 2. The molecular formula is C60H115O11P. The minimum atomic E-state index is -4.74. The Kier molecular flexibility index (Phi) is 54.1. The normalized spacial score (nSPS) is 13.3. The molecule has 0 saturated heterocycles. The van der Waals surface area contributed by atoms with Crippen molar-refractivity contribution in [2.24, 2.45) is 0 Å². The Hall–Kier alpha value is -1.78. The molecule has 0 aromatic heterocycles. The minimum Gasteiger partial charge on any atom is -0.462 e. The second-order valence-corrected chi connectivity index (χ2v) is 22.3. The van der Waals surface area contributed by atoms with Crippen LogP contribution < -0.4 is 0 Å². The fourth-order valence-electron chi connectivity index (χ4n) is 9.00. The first-order valence-corrected chi connectivity index (χ1v) is 32.1. The smallest absolute Gasteiger partial charge is 0.462 e. The van der Waals surface area contributed by atoms with Gasteiger partial charge in [0.05, 0.1) is 19.8 Å². The summed E-state index contributed by atoms with van der Waals surface area (Å²) in [4.78, 5) is 48.5. The molecule has 0 spiro atoms. The van der Waals surface area contributed by atoms with Gasteiger partial charge in [0.15, 0.2) is 6.10 Å². The van der Waals surface area contributed by atoms with Crippen molar-refractivity contribution in [3.63, 3.8) is 0 Å². The Morgan fingerprint density at radius 3 is 0.958 bits per heavy atom. The number of phosphoric acid groups is 1. The average molecular weight is 1040 g/mol. The van der Waals surface area contributed by atoms with Crippen LogP contribution in [0, 0.1) is 0 Å². The Morgan fingerprint density at radius 1 is 0.375 bits per heavy atom. The SMILES string of the molecule is CCCCCCCC/C=C\CCCCCCCCCC(=O)OCC(COP(=O)(O)OCC(CO)OC(=O)CCCCCCCCCCC)OC(=O)CCCCCCCCCCCCCCCCCCCCC. The maximum Gasteiger partial charge on any atom is 0.472 e. The predicted octanol–water partition coefficient (Wildman–Crippen LogP) is 18.0. The van der Waals surface area contributed by atoms with E-state index in [2.05, 4.69) is 32.9 Å². The number of phosphoric ester groups is 1. The van der Waals surface area contributed by atoms with Crippen LogP contribution in [0.1, 0.15) is 316 Å². The van der Waals surface area contributed by atoms with Gasteiger partial charge in [-0.05, 0) is 44.9 Å². The summed E-state index contributed by atoms with van der Waals surface area (Å²) in [5.74, 6) is -1.44. The summed E-state index contributed by atoms with van der Waals surface area (Å²) in [7, 11) is -4.74. The summed E-state index contributed by atoms with van der Waals surface area (Å²) in [6.45, 7) is 4.68. The molecule has 2 N–H and O–H groups in total. The molecule has 72 heavy (non-hydrogen) atoms. The number of aliphatic hydroxyl groups is 1. The first-order valence-electron chi connectivity index (χ1n) is 30.6. The first kappa shape index (κ1) is 70.2. The van der Waals surface area contributed by atoms with Gasteiger partial charge >= 0.3 is 25.7 Å². The number of esters is 3. The molecule has 0 saturated carbocycles. The van der Waals surface area contributed by atoms with Gasteiger partial charge in [-0.15, -0.1) is 0 Å². The molecule has 0 aromatic rings. The van der Waals surface area contributed by atoms with Gasteiger partial charge in [0, 0.05) is 19.3 Å². The van der Waals surface area contributed by atoms with Crippen molar-refractivity contribution in [3.8, 4) is 0 Å². The van der Waals surface area contributed by atoms with Crippen LogP contribution in [-0.4, -0.2) is 66.5 Å². The van der Waals surface area contributed by atoms with Crippen molar-refractivity contribution in [1.82, 2.24) is 0 Å². The third kappa shape index (κ3) is 53.1. The van der Waals surface area contributed by atoms with Crippen molar-refractivity contribution in [2.75, 3.05) is 26.4 Å². The predicted molar refractivity (Wildman–Crippen MR) is 298 cm³/mol. The van der Waals surface area contributed by atoms with E-state index in [-0.39, 0.29) is 25.9 Å². The highest BCUT2D eigenvalue weighted by molar-refractivity contribution is 7.47. The summed E-state index contributed by atoms with van der Waals surface area (Å²) in [5, 5.41) is 9.78. The molecule has 0 rings (SSSR count). The van der Waals surface area contributed by atoms with Gasteiger partial charge in [0.25, 0.3) is 0 Å². The highest BCUT2D eigenvalue weighted by Crippen LogP contribution is 2.43. The molecule has 0 fully saturated rings. The van der Waals surface area contributed by atoms with Gasteiger partial charge in [0.2, 0.25) is 0 Å². The highest BCUT2D eigenvalue weighted by atomic mass is 31.2. The molecule has 3 atom stereocenters. The Balaban J connectivity index is 4.64. The van der Waals surface area contributed by atoms with Crippen molar-refractivity contribution >= 4 is 25.7 Å². The fraction of sp³-hybridized carbons (Fsp3) is 0.917. The number of ether oxygens (including phenoxy) is 3. The zero-order valence-corrected chi connectivity index (χ0v) is 48.1. The molecule has 0 aliphatic rings. The number of aliphatic hydroxyl groups excluding tert-OH is 1. The van der Waals surface area contributed by atoms with Gasteiger partial charge in [-0.3, -0.25) is 23.4 Å². The molecule has 0 aliphatic heterocycles. The van der Waals surface area contributed by atoms with Crippen LogP contribution in [0.2, 0.25) is 0 Å². The molecule has 11 nitrogen and oxygen atoms in total. The lowest BCUT2D eigenvalue weighted by molar-refractivity contribution is -0.161. The summed E-state index contributed by atoms with van der Waals surface area (Å²) in [6, 6.07) is 0. The maximum absolute atomic E-state index is 12.9. The van der Waals surface area contributed by atoms with E-state index in [0.717, 1.165) is 64.2 Å². The van der Waals surface area contributed by atoms with Crippen LogP contribution in [0.4, 0.5) is 0 Å². The van der Waals surface area contributed by atoms with Crippen LogP contribution in [0.25, 0.3) is 0 Å². The molecule has 0 aliphatic carbocycles. The van der Waals surface area contributed by atoms with E-state index < -0.39 is 57.8 Å². The van der Waals surface area contributed by atoms with Gasteiger partial charge < -0.3 is 24.2 Å². The first-order chi connectivity index (χ1) is 35.2. The van der Waals surface area contributed by atoms with Gasteiger partial charge in [-0.2, -0.15) is 0 Å². The van der Waals surface area contributed by atoms with Gasteiger partial charge in [-0.1, -0.05) is 264 Å². The van der Waals surface area contributed by atoms with Crippen LogP contribution >= 0.6 is 7.82 Å². The third-order valence-corrected chi connectivity index (χ3v) is 14.6. The van der Waals surface area contributed by atoms with Crippen LogP contribution in [0.3, 0.4) is 0 Å². The second-order valence-electron chi connectivity index (χ2n) is 20.9. The van der Waals surface area contributed by atoms with E-state index in [1.807, 2.05) is 0 Å². The molecule has 0 aromatic carbocycles. The number of carbonyl (C=O) groups excluding carboxylic acids is 3. The number of hydrogen-bond acceptors (Lipinski definition) is 10. The summed E-state index contributed by atoms with van der Waals surface area (Å²) in [5.41, 5.74) is 0. The molecule has 0 heterocycles. The number of rotatable bonds is 58. The Bertz CT molecular complexity index is 1260. The third-order valence-electron chi connectivity index (χ3n) is 13.7. The van der Waals surface area contributed by atoms with Crippen LogP contribution in [0.15, 0.2) is 12.2 Å². The van der Waals surface area contributed by atoms with Gasteiger partial charge in [-0.25, -0.2) is 4.57 Å². The maximum atomic E-state index is 12.9. The van der Waals surface area contributed by atoms with E-state index in [9.17, 15) is 28.9 Å². The lowest BCUT2D eigenvalue weighted by Gasteiger charge is -2.21. The van der Waals surface area contributed by atoms with Crippen molar-refractivity contribution in [1.29, 1.82) is 0 Å². The summed E-state index contributed by atoms with van der Waals surface area (Å²) < 4.78 is 39.5. The number of carbonyl (C=O) groups is 3. The van der Waals surface area contributed by atoms with Crippen molar-refractivity contribution in [3.05, 3.63) is 12.2 Å². The zero-order valence-electron chi connectivity index (χ0n) is 47.2. The highest BCUT2D eigenvalue weighted by Gasteiger charge is 2.28. The Morgan fingerprint density at radius 2 is 0.639 bits per heavy atom. The van der Waals surface area contributed by atoms with Crippen molar-refractivity contribution < 1.29 is 52.2 Å². The van der Waals surface area contributed by atoms with Crippen LogP contribution in [0.5, 0.6) is 0 Å². The zero-order chi connectivity index (χ0) is 52.7. The van der Waals surface area contributed by atoms with E-state index in [1.54, 1.807) is 0 Å². The van der Waals surface area contributed by atoms with Crippen molar-refractivity contribution in [2.45, 2.75) is 328 Å². The van der Waals surface area contributed by atoms with E-state index in [0.29, 0.717) is 19.3 Å². The summed E-state index contributed by atoms with van der Waals surface area (Å²) in [6.07, 6.45) is 54.6. The molecule has 3 unspecified atom stereocenters. The van der Waals surface area contributed by atoms with E-state index in [4.69, 9.17) is 23.3 Å².